The molecule has 1 saturated carbocycles. The van der Waals surface area contributed by atoms with Gasteiger partial charge < -0.3 is 5.32 Å². The van der Waals surface area contributed by atoms with E-state index in [1.807, 2.05) is 7.05 Å². The lowest BCUT2D eigenvalue weighted by Gasteiger charge is -2.16. The first-order chi connectivity index (χ1) is 7.70. The first-order valence-electron chi connectivity index (χ1n) is 5.81. The van der Waals surface area contributed by atoms with Crippen molar-refractivity contribution in [3.05, 3.63) is 35.4 Å². The molecule has 1 fully saturated rings. The SMILES string of the molecule is CNC(Cc1cccc(F)c1F)CC1CC1. The molecule has 0 spiro atoms. The Balaban J connectivity index is 2.02. The van der Waals surface area contributed by atoms with Crippen molar-refractivity contribution in [2.45, 2.75) is 31.7 Å². The van der Waals surface area contributed by atoms with Gasteiger partial charge in [-0.3, -0.25) is 0 Å². The Morgan fingerprint density at radius 2 is 2.12 bits per heavy atom. The summed E-state index contributed by atoms with van der Waals surface area (Å²) in [4.78, 5) is 0. The summed E-state index contributed by atoms with van der Waals surface area (Å²) in [6.45, 7) is 0. The van der Waals surface area contributed by atoms with E-state index in [2.05, 4.69) is 5.32 Å². The van der Waals surface area contributed by atoms with Gasteiger partial charge in [-0.25, -0.2) is 8.78 Å². The smallest absolute Gasteiger partial charge is 0.162 e. The monoisotopic (exact) mass is 225 g/mol. The van der Waals surface area contributed by atoms with Gasteiger partial charge in [0, 0.05) is 6.04 Å². The molecule has 1 aromatic carbocycles. The minimum absolute atomic E-state index is 0.254. The molecule has 0 amide bonds. The number of nitrogens with one attached hydrogen (secondary N) is 1. The molecule has 1 atom stereocenters. The Morgan fingerprint density at radius 1 is 1.38 bits per heavy atom. The molecular formula is C13H17F2N. The molecular weight excluding hydrogens is 208 g/mol. The van der Waals surface area contributed by atoms with Gasteiger partial charge in [-0.2, -0.15) is 0 Å². The van der Waals surface area contributed by atoms with Gasteiger partial charge in [0.05, 0.1) is 0 Å². The Labute approximate surface area is 94.9 Å². The van der Waals surface area contributed by atoms with E-state index in [0.29, 0.717) is 12.0 Å². The molecule has 0 aromatic heterocycles. The molecule has 0 saturated heterocycles. The zero-order valence-electron chi connectivity index (χ0n) is 9.47. The van der Waals surface area contributed by atoms with Gasteiger partial charge in [0.15, 0.2) is 11.6 Å². The van der Waals surface area contributed by atoms with Crippen LogP contribution in [0.25, 0.3) is 0 Å². The highest BCUT2D eigenvalue weighted by atomic mass is 19.2. The number of likely N-dealkylation sites (N-methyl/N-ethyl adjacent to an activating group) is 1. The zero-order valence-corrected chi connectivity index (χ0v) is 9.47. The van der Waals surface area contributed by atoms with Crippen LogP contribution < -0.4 is 5.32 Å². The largest absolute Gasteiger partial charge is 0.317 e. The molecule has 1 aliphatic rings. The van der Waals surface area contributed by atoms with Gasteiger partial charge in [-0.05, 0) is 37.4 Å². The summed E-state index contributed by atoms with van der Waals surface area (Å²) in [5.74, 6) is -0.661. The summed E-state index contributed by atoms with van der Waals surface area (Å²) < 4.78 is 26.5. The molecule has 0 radical (unpaired) electrons. The van der Waals surface area contributed by atoms with Gasteiger partial charge in [0.2, 0.25) is 0 Å². The van der Waals surface area contributed by atoms with Crippen LogP contribution >= 0.6 is 0 Å². The predicted octanol–water partition coefficient (Wildman–Crippen LogP) is 2.90. The molecule has 1 N–H and O–H groups in total. The van der Waals surface area contributed by atoms with E-state index in [0.717, 1.165) is 18.4 Å². The molecule has 2 rings (SSSR count). The Hall–Kier alpha value is -0.960. The molecule has 16 heavy (non-hydrogen) atoms. The Morgan fingerprint density at radius 3 is 2.75 bits per heavy atom. The van der Waals surface area contributed by atoms with Crippen molar-refractivity contribution in [1.82, 2.24) is 5.32 Å². The van der Waals surface area contributed by atoms with Crippen LogP contribution in [0.1, 0.15) is 24.8 Å². The van der Waals surface area contributed by atoms with Crippen molar-refractivity contribution in [1.29, 1.82) is 0 Å². The summed E-state index contributed by atoms with van der Waals surface area (Å²) >= 11 is 0. The molecule has 88 valence electrons. The lowest BCUT2D eigenvalue weighted by Crippen LogP contribution is -2.28. The maximum Gasteiger partial charge on any atom is 0.162 e. The number of rotatable bonds is 5. The minimum atomic E-state index is -0.751. The van der Waals surface area contributed by atoms with E-state index in [1.54, 1.807) is 12.1 Å². The van der Waals surface area contributed by atoms with Crippen LogP contribution in [0.5, 0.6) is 0 Å². The second kappa shape index (κ2) is 4.91. The standard InChI is InChI=1S/C13H17F2N/c1-16-11(7-9-5-6-9)8-10-3-2-4-12(14)13(10)15/h2-4,9,11,16H,5-8H2,1H3. The lowest BCUT2D eigenvalue weighted by atomic mass is 10.0. The second-order valence-electron chi connectivity index (χ2n) is 4.58. The first kappa shape index (κ1) is 11.5. The summed E-state index contributed by atoms with van der Waals surface area (Å²) in [6.07, 6.45) is 4.19. The molecule has 1 aliphatic carbocycles. The maximum absolute atomic E-state index is 13.4. The number of hydrogen-bond acceptors (Lipinski definition) is 1. The average molecular weight is 225 g/mol. The second-order valence-corrected chi connectivity index (χ2v) is 4.58. The molecule has 3 heteroatoms. The fourth-order valence-corrected chi connectivity index (χ4v) is 2.03. The summed E-state index contributed by atoms with van der Waals surface area (Å²) in [5, 5.41) is 3.18. The zero-order chi connectivity index (χ0) is 11.5. The molecule has 0 aliphatic heterocycles. The van der Waals surface area contributed by atoms with Crippen molar-refractivity contribution in [3.63, 3.8) is 0 Å². The van der Waals surface area contributed by atoms with E-state index in [1.165, 1.54) is 12.8 Å². The third kappa shape index (κ3) is 2.79. The Kier molecular flexibility index (Phi) is 3.54. The van der Waals surface area contributed by atoms with E-state index in [-0.39, 0.29) is 6.04 Å². The fourth-order valence-electron chi connectivity index (χ4n) is 2.03. The average Bonchev–Trinajstić information content (AvgIpc) is 3.07. The van der Waals surface area contributed by atoms with E-state index >= 15 is 0 Å². The number of benzene rings is 1. The molecule has 0 bridgehead atoms. The number of halogens is 2. The van der Waals surface area contributed by atoms with Gasteiger partial charge in [0.25, 0.3) is 0 Å². The van der Waals surface area contributed by atoms with E-state index < -0.39 is 11.6 Å². The predicted molar refractivity (Wildman–Crippen MR) is 60.3 cm³/mol. The van der Waals surface area contributed by atoms with Crippen molar-refractivity contribution >= 4 is 0 Å². The van der Waals surface area contributed by atoms with Crippen LogP contribution in [0.2, 0.25) is 0 Å². The highest BCUT2D eigenvalue weighted by Gasteiger charge is 2.25. The van der Waals surface area contributed by atoms with Gasteiger partial charge >= 0.3 is 0 Å². The van der Waals surface area contributed by atoms with Crippen molar-refractivity contribution in [3.8, 4) is 0 Å². The third-order valence-corrected chi connectivity index (χ3v) is 3.22. The summed E-state index contributed by atoms with van der Waals surface area (Å²) in [5.41, 5.74) is 0.472. The molecule has 1 unspecified atom stereocenters. The highest BCUT2D eigenvalue weighted by Crippen LogP contribution is 2.34. The van der Waals surface area contributed by atoms with Crippen LogP contribution in [0.3, 0.4) is 0 Å². The third-order valence-electron chi connectivity index (χ3n) is 3.22. The highest BCUT2D eigenvalue weighted by molar-refractivity contribution is 5.20. The molecule has 1 aromatic rings. The van der Waals surface area contributed by atoms with Gasteiger partial charge in [-0.15, -0.1) is 0 Å². The van der Waals surface area contributed by atoms with Gasteiger partial charge in [0.1, 0.15) is 0 Å². The maximum atomic E-state index is 13.4. The van der Waals surface area contributed by atoms with Crippen molar-refractivity contribution in [2.24, 2.45) is 5.92 Å². The fraction of sp³-hybridized carbons (Fsp3) is 0.538. The lowest BCUT2D eigenvalue weighted by molar-refractivity contribution is 0.461. The quantitative estimate of drug-likeness (QED) is 0.812. The summed E-state index contributed by atoms with van der Waals surface area (Å²) in [7, 11) is 1.88. The van der Waals surface area contributed by atoms with Gasteiger partial charge in [-0.1, -0.05) is 25.0 Å². The van der Waals surface area contributed by atoms with Crippen LogP contribution in [0.15, 0.2) is 18.2 Å². The minimum Gasteiger partial charge on any atom is -0.317 e. The van der Waals surface area contributed by atoms with Crippen LogP contribution in [0, 0.1) is 17.6 Å². The summed E-state index contributed by atoms with van der Waals surface area (Å²) in [6, 6.07) is 4.64. The van der Waals surface area contributed by atoms with E-state index in [4.69, 9.17) is 0 Å². The normalized spacial score (nSPS) is 17.4. The van der Waals surface area contributed by atoms with Crippen LogP contribution in [0.4, 0.5) is 8.78 Å². The van der Waals surface area contributed by atoms with Crippen molar-refractivity contribution in [2.75, 3.05) is 7.05 Å². The van der Waals surface area contributed by atoms with Crippen molar-refractivity contribution < 1.29 is 8.78 Å². The van der Waals surface area contributed by atoms with Crippen LogP contribution in [-0.2, 0) is 6.42 Å². The topological polar surface area (TPSA) is 12.0 Å². The number of hydrogen-bond donors (Lipinski definition) is 1. The Bertz CT molecular complexity index is 361. The van der Waals surface area contributed by atoms with Crippen LogP contribution in [-0.4, -0.2) is 13.1 Å². The van der Waals surface area contributed by atoms with E-state index in [9.17, 15) is 8.78 Å². The molecule has 0 heterocycles. The molecule has 1 nitrogen and oxygen atoms in total. The first-order valence-corrected chi connectivity index (χ1v) is 5.81.